The first-order valence-electron chi connectivity index (χ1n) is 5.14. The van der Waals surface area contributed by atoms with Crippen LogP contribution in [-0.4, -0.2) is 43.1 Å². The zero-order valence-corrected chi connectivity index (χ0v) is 11.1. The van der Waals surface area contributed by atoms with E-state index in [2.05, 4.69) is 0 Å². The summed E-state index contributed by atoms with van der Waals surface area (Å²) in [5.41, 5.74) is 0. The Labute approximate surface area is 96.1 Å². The number of ether oxygens (including phenoxy) is 2. The van der Waals surface area contributed by atoms with Crippen LogP contribution in [0.2, 0.25) is 0 Å². The van der Waals surface area contributed by atoms with Gasteiger partial charge in [-0.3, -0.25) is 0 Å². The first kappa shape index (κ1) is 13.6. The lowest BCUT2D eigenvalue weighted by Crippen LogP contribution is -2.28. The molecular weight excluding hydrogens is 235 g/mol. The van der Waals surface area contributed by atoms with Crippen molar-refractivity contribution in [3.63, 3.8) is 0 Å². The predicted octanol–water partition coefficient (Wildman–Crippen LogP) is 1.52. The largest absolute Gasteiger partial charge is 0.379 e. The first-order chi connectivity index (χ1) is 6.92. The standard InChI is InChI=1S/C9H19O4PS/c1-4-11-6-9-8(5-7(2)12-9)13-14(3,10)15/h7-9H,4-6H2,1-3H3,(H,10,15)/t7-,8+,9+,14?/m0/s1. The summed E-state index contributed by atoms with van der Waals surface area (Å²) in [6, 6.07) is 0. The molecule has 1 unspecified atom stereocenters. The maximum absolute atomic E-state index is 9.51. The predicted molar refractivity (Wildman–Crippen MR) is 62.7 cm³/mol. The van der Waals surface area contributed by atoms with Gasteiger partial charge in [0.25, 0.3) is 0 Å². The van der Waals surface area contributed by atoms with Crippen LogP contribution in [0.15, 0.2) is 0 Å². The van der Waals surface area contributed by atoms with Gasteiger partial charge in [0.15, 0.2) is 6.49 Å². The molecule has 1 aliphatic rings. The third-order valence-electron chi connectivity index (χ3n) is 2.20. The van der Waals surface area contributed by atoms with Gasteiger partial charge in [0, 0.05) is 19.7 Å². The summed E-state index contributed by atoms with van der Waals surface area (Å²) in [6.45, 7) is 4.02. The molecule has 4 atom stereocenters. The van der Waals surface area contributed by atoms with Gasteiger partial charge in [0.2, 0.25) is 0 Å². The molecular formula is C9H19O4PS. The van der Waals surface area contributed by atoms with Crippen molar-refractivity contribution in [3.05, 3.63) is 0 Å². The second-order valence-corrected chi connectivity index (χ2v) is 7.68. The third kappa shape index (κ3) is 4.89. The monoisotopic (exact) mass is 254 g/mol. The molecule has 1 rings (SSSR count). The van der Waals surface area contributed by atoms with Crippen LogP contribution in [0.1, 0.15) is 20.3 Å². The molecule has 15 heavy (non-hydrogen) atoms. The molecule has 0 aromatic heterocycles. The highest BCUT2D eigenvalue weighted by Crippen LogP contribution is 2.42. The maximum Gasteiger partial charge on any atom is 0.183 e. The molecule has 1 fully saturated rings. The van der Waals surface area contributed by atoms with Crippen LogP contribution in [0, 0.1) is 0 Å². The molecule has 0 bridgehead atoms. The van der Waals surface area contributed by atoms with Crippen LogP contribution in [0.25, 0.3) is 0 Å². The first-order valence-corrected chi connectivity index (χ1v) is 8.26. The van der Waals surface area contributed by atoms with Gasteiger partial charge >= 0.3 is 0 Å². The van der Waals surface area contributed by atoms with Crippen molar-refractivity contribution < 1.29 is 18.9 Å². The summed E-state index contributed by atoms with van der Waals surface area (Å²) in [4.78, 5) is 9.51. The van der Waals surface area contributed by atoms with E-state index >= 15 is 0 Å². The number of rotatable bonds is 5. The van der Waals surface area contributed by atoms with Crippen LogP contribution in [0.5, 0.6) is 0 Å². The van der Waals surface area contributed by atoms with E-state index in [1.165, 1.54) is 0 Å². The lowest BCUT2D eigenvalue weighted by Gasteiger charge is -2.21. The Morgan fingerprint density at radius 1 is 1.60 bits per heavy atom. The van der Waals surface area contributed by atoms with Gasteiger partial charge in [-0.1, -0.05) is 0 Å². The molecule has 1 saturated heterocycles. The van der Waals surface area contributed by atoms with E-state index in [0.717, 1.165) is 6.42 Å². The molecule has 0 spiro atoms. The van der Waals surface area contributed by atoms with Crippen molar-refractivity contribution in [2.45, 2.75) is 38.6 Å². The molecule has 6 heteroatoms. The normalized spacial score (nSPS) is 35.3. The maximum atomic E-state index is 9.51. The molecule has 0 saturated carbocycles. The molecule has 90 valence electrons. The smallest absolute Gasteiger partial charge is 0.183 e. The zero-order valence-electron chi connectivity index (χ0n) is 9.38. The molecule has 0 aromatic carbocycles. The van der Waals surface area contributed by atoms with Gasteiger partial charge in [-0.2, -0.15) is 0 Å². The second kappa shape index (κ2) is 5.71. The molecule has 0 amide bonds. The SMILES string of the molecule is CCOC[C@H]1O[C@@H](C)C[C@H]1OP(C)(O)=S. The van der Waals surface area contributed by atoms with Crippen LogP contribution in [0.4, 0.5) is 0 Å². The van der Waals surface area contributed by atoms with E-state index in [1.807, 2.05) is 13.8 Å². The zero-order chi connectivity index (χ0) is 11.5. The van der Waals surface area contributed by atoms with Gasteiger partial charge in [0.05, 0.1) is 18.8 Å². The lowest BCUT2D eigenvalue weighted by molar-refractivity contribution is -0.0324. The van der Waals surface area contributed by atoms with E-state index in [-0.39, 0.29) is 18.3 Å². The Kier molecular flexibility index (Phi) is 5.16. The van der Waals surface area contributed by atoms with Crippen molar-refractivity contribution >= 4 is 18.3 Å². The highest BCUT2D eigenvalue weighted by atomic mass is 32.5. The summed E-state index contributed by atoms with van der Waals surface area (Å²) >= 11 is 4.87. The molecule has 0 aromatic rings. The molecule has 0 aliphatic carbocycles. The van der Waals surface area contributed by atoms with E-state index in [0.29, 0.717) is 13.2 Å². The van der Waals surface area contributed by atoms with Crippen LogP contribution >= 0.6 is 6.49 Å². The van der Waals surface area contributed by atoms with Crippen molar-refractivity contribution in [2.24, 2.45) is 0 Å². The quantitative estimate of drug-likeness (QED) is 0.754. The van der Waals surface area contributed by atoms with Crippen molar-refractivity contribution in [3.8, 4) is 0 Å². The van der Waals surface area contributed by atoms with E-state index in [4.69, 9.17) is 25.8 Å². The average molecular weight is 254 g/mol. The summed E-state index contributed by atoms with van der Waals surface area (Å²) in [6.07, 6.45) is 0.675. The Balaban J connectivity index is 2.49. The molecule has 1 N–H and O–H groups in total. The van der Waals surface area contributed by atoms with Gasteiger partial charge in [-0.05, 0) is 25.7 Å². The summed E-state index contributed by atoms with van der Waals surface area (Å²) in [5.74, 6) is 0. The lowest BCUT2D eigenvalue weighted by atomic mass is 10.1. The van der Waals surface area contributed by atoms with Crippen LogP contribution < -0.4 is 0 Å². The number of hydrogen-bond donors (Lipinski definition) is 1. The van der Waals surface area contributed by atoms with Crippen molar-refractivity contribution in [1.29, 1.82) is 0 Å². The topological polar surface area (TPSA) is 47.9 Å². The Morgan fingerprint density at radius 2 is 2.27 bits per heavy atom. The third-order valence-corrected chi connectivity index (χ3v) is 3.12. The Bertz CT molecular complexity index is 242. The minimum atomic E-state index is -2.61. The summed E-state index contributed by atoms with van der Waals surface area (Å²) in [7, 11) is 0. The van der Waals surface area contributed by atoms with Crippen LogP contribution in [0.3, 0.4) is 0 Å². The Morgan fingerprint density at radius 3 is 2.80 bits per heavy atom. The summed E-state index contributed by atoms with van der Waals surface area (Å²) in [5, 5.41) is 0. The molecule has 0 radical (unpaired) electrons. The molecule has 1 heterocycles. The van der Waals surface area contributed by atoms with E-state index < -0.39 is 6.49 Å². The van der Waals surface area contributed by atoms with Gasteiger partial charge in [-0.15, -0.1) is 0 Å². The highest BCUT2D eigenvalue weighted by molar-refractivity contribution is 8.09. The Hall–Kier alpha value is 0.490. The number of hydrogen-bond acceptors (Lipinski definition) is 4. The minimum absolute atomic E-state index is 0.102. The fourth-order valence-electron chi connectivity index (χ4n) is 1.66. The van der Waals surface area contributed by atoms with Crippen molar-refractivity contribution in [2.75, 3.05) is 19.9 Å². The van der Waals surface area contributed by atoms with Gasteiger partial charge in [0.1, 0.15) is 6.10 Å². The molecule has 1 aliphatic heterocycles. The van der Waals surface area contributed by atoms with Crippen molar-refractivity contribution in [1.82, 2.24) is 0 Å². The summed E-state index contributed by atoms with van der Waals surface area (Å²) < 4.78 is 16.4. The highest BCUT2D eigenvalue weighted by Gasteiger charge is 2.35. The van der Waals surface area contributed by atoms with Gasteiger partial charge in [-0.25, -0.2) is 0 Å². The minimum Gasteiger partial charge on any atom is -0.379 e. The second-order valence-electron chi connectivity index (χ2n) is 3.83. The van der Waals surface area contributed by atoms with E-state index in [9.17, 15) is 4.89 Å². The fraction of sp³-hybridized carbons (Fsp3) is 1.00. The van der Waals surface area contributed by atoms with E-state index in [1.54, 1.807) is 6.66 Å². The van der Waals surface area contributed by atoms with Gasteiger partial charge < -0.3 is 18.9 Å². The van der Waals surface area contributed by atoms with Crippen LogP contribution in [-0.2, 0) is 25.8 Å². The molecule has 4 nitrogen and oxygen atoms in total. The fourth-order valence-corrected chi connectivity index (χ4v) is 2.72. The average Bonchev–Trinajstić information content (AvgIpc) is 2.39.